The third-order valence-electron chi connectivity index (χ3n) is 4.62. The summed E-state index contributed by atoms with van der Waals surface area (Å²) in [6.45, 7) is 0. The predicted molar refractivity (Wildman–Crippen MR) is 92.3 cm³/mol. The molecule has 2 aromatic rings. The van der Waals surface area contributed by atoms with Crippen LogP contribution in [0.25, 0.3) is 0 Å². The number of nitrogens with zero attached hydrogens (tertiary/aromatic N) is 2. The molecular weight excluding hydrogens is 328 g/mol. The third kappa shape index (κ3) is 2.57. The fourth-order valence-corrected chi connectivity index (χ4v) is 3.34. The monoisotopic (exact) mass is 344 g/mol. The van der Waals surface area contributed by atoms with E-state index in [1.807, 2.05) is 18.2 Å². The maximum Gasteiger partial charge on any atom is 0.337 e. The number of pyridine rings is 1. The van der Waals surface area contributed by atoms with E-state index in [1.165, 1.54) is 24.9 Å². The van der Waals surface area contributed by atoms with Crippen molar-refractivity contribution in [3.8, 4) is 0 Å². The second kappa shape index (κ2) is 5.96. The second-order valence-electron chi connectivity index (χ2n) is 6.09. The number of aromatic nitrogens is 1. The Bertz CT molecular complexity index is 794. The summed E-state index contributed by atoms with van der Waals surface area (Å²) >= 11 is 6.17. The lowest BCUT2D eigenvalue weighted by atomic mass is 9.92. The molecule has 0 spiro atoms. The van der Waals surface area contributed by atoms with Gasteiger partial charge in [-0.2, -0.15) is 0 Å². The van der Waals surface area contributed by atoms with Crippen LogP contribution in [0.2, 0.25) is 5.02 Å². The van der Waals surface area contributed by atoms with Crippen LogP contribution in [-0.2, 0) is 0 Å². The molecule has 4 rings (SSSR count). The number of carboxylic acids is 1. The molecular formula is C17H17ClN4O2. The second-order valence-corrected chi connectivity index (χ2v) is 6.53. The molecule has 1 atom stereocenters. The lowest BCUT2D eigenvalue weighted by Crippen LogP contribution is -2.47. The Morgan fingerprint density at radius 2 is 2.21 bits per heavy atom. The SMILES string of the molecule is O=C(O)c1ccncc1NC1NN(C2CCC2)c2ccc(Cl)cc21. The summed E-state index contributed by atoms with van der Waals surface area (Å²) in [5.74, 6) is -0.986. The molecule has 1 unspecified atom stereocenters. The van der Waals surface area contributed by atoms with Gasteiger partial charge < -0.3 is 15.4 Å². The van der Waals surface area contributed by atoms with E-state index in [0.717, 1.165) is 24.1 Å². The van der Waals surface area contributed by atoms with Gasteiger partial charge in [0.1, 0.15) is 6.17 Å². The Balaban J connectivity index is 1.67. The van der Waals surface area contributed by atoms with Gasteiger partial charge in [0.05, 0.1) is 23.1 Å². The quantitative estimate of drug-likeness (QED) is 0.789. The van der Waals surface area contributed by atoms with Gasteiger partial charge in [0.25, 0.3) is 0 Å². The fourth-order valence-electron chi connectivity index (χ4n) is 3.16. The van der Waals surface area contributed by atoms with Gasteiger partial charge in [0.15, 0.2) is 0 Å². The van der Waals surface area contributed by atoms with Crippen molar-refractivity contribution in [1.29, 1.82) is 0 Å². The standard InChI is InChI=1S/C17H17ClN4O2/c18-10-4-5-15-13(8-10)16(21-22(15)11-2-1-3-11)20-14-9-19-7-6-12(14)17(23)24/h4-9,11,16,20-21H,1-3H2,(H,23,24). The number of halogens is 1. The molecule has 1 aromatic carbocycles. The zero-order chi connectivity index (χ0) is 16.7. The summed E-state index contributed by atoms with van der Waals surface area (Å²) in [5.41, 5.74) is 6.21. The summed E-state index contributed by atoms with van der Waals surface area (Å²) in [5, 5.41) is 15.4. The normalized spacial score (nSPS) is 19.7. The van der Waals surface area contributed by atoms with Crippen molar-refractivity contribution in [1.82, 2.24) is 10.4 Å². The highest BCUT2D eigenvalue weighted by molar-refractivity contribution is 6.30. The molecule has 2 heterocycles. The molecule has 1 aliphatic heterocycles. The molecule has 6 nitrogen and oxygen atoms in total. The van der Waals surface area contributed by atoms with Crippen molar-refractivity contribution in [3.05, 3.63) is 52.8 Å². The van der Waals surface area contributed by atoms with Crippen LogP contribution in [-0.4, -0.2) is 22.1 Å². The summed E-state index contributed by atoms with van der Waals surface area (Å²) in [6, 6.07) is 7.75. The van der Waals surface area contributed by atoms with E-state index < -0.39 is 5.97 Å². The number of anilines is 2. The summed E-state index contributed by atoms with van der Waals surface area (Å²) in [4.78, 5) is 15.4. The van der Waals surface area contributed by atoms with Crippen LogP contribution in [0.4, 0.5) is 11.4 Å². The number of hydrogen-bond donors (Lipinski definition) is 3. The number of carboxylic acid groups (broad SMARTS) is 1. The average Bonchev–Trinajstić information content (AvgIpc) is 2.84. The van der Waals surface area contributed by atoms with Crippen LogP contribution >= 0.6 is 11.6 Å². The molecule has 2 aliphatic rings. The molecule has 0 bridgehead atoms. The van der Waals surface area contributed by atoms with Crippen LogP contribution < -0.4 is 15.8 Å². The topological polar surface area (TPSA) is 77.5 Å². The van der Waals surface area contributed by atoms with E-state index in [1.54, 1.807) is 0 Å². The Morgan fingerprint density at radius 3 is 2.92 bits per heavy atom. The van der Waals surface area contributed by atoms with E-state index in [0.29, 0.717) is 16.8 Å². The third-order valence-corrected chi connectivity index (χ3v) is 4.85. The number of aromatic carboxylic acids is 1. The first-order valence-corrected chi connectivity index (χ1v) is 8.30. The summed E-state index contributed by atoms with van der Waals surface area (Å²) in [6.07, 6.45) is 6.28. The van der Waals surface area contributed by atoms with Crippen LogP contribution in [0.1, 0.15) is 41.3 Å². The molecule has 0 amide bonds. The van der Waals surface area contributed by atoms with Gasteiger partial charge in [0.2, 0.25) is 0 Å². The largest absolute Gasteiger partial charge is 0.478 e. The molecule has 3 N–H and O–H groups in total. The van der Waals surface area contributed by atoms with Crippen molar-refractivity contribution in [2.45, 2.75) is 31.5 Å². The summed E-state index contributed by atoms with van der Waals surface area (Å²) < 4.78 is 0. The Kier molecular flexibility index (Phi) is 3.78. The Labute approximate surface area is 144 Å². The van der Waals surface area contributed by atoms with E-state index in [-0.39, 0.29) is 11.7 Å². The molecule has 124 valence electrons. The van der Waals surface area contributed by atoms with Crippen LogP contribution in [0, 0.1) is 0 Å². The van der Waals surface area contributed by atoms with Crippen LogP contribution in [0.5, 0.6) is 0 Å². The number of hydrazine groups is 1. The number of carbonyl (C=O) groups is 1. The van der Waals surface area contributed by atoms with Gasteiger partial charge >= 0.3 is 5.97 Å². The molecule has 1 fully saturated rings. The maximum atomic E-state index is 11.4. The first kappa shape index (κ1) is 15.2. The van der Waals surface area contributed by atoms with Crippen molar-refractivity contribution in [2.75, 3.05) is 10.3 Å². The van der Waals surface area contributed by atoms with E-state index >= 15 is 0 Å². The lowest BCUT2D eigenvalue weighted by Gasteiger charge is -2.36. The molecule has 1 aliphatic carbocycles. The molecule has 0 radical (unpaired) electrons. The number of benzene rings is 1. The number of rotatable bonds is 4. The minimum atomic E-state index is -0.986. The number of hydrogen-bond acceptors (Lipinski definition) is 5. The zero-order valence-corrected chi connectivity index (χ0v) is 13.6. The fraction of sp³-hybridized carbons (Fsp3) is 0.294. The van der Waals surface area contributed by atoms with Gasteiger partial charge in [0, 0.05) is 22.8 Å². The molecule has 7 heteroatoms. The molecule has 0 saturated heterocycles. The minimum absolute atomic E-state index is 0.192. The molecule has 1 saturated carbocycles. The van der Waals surface area contributed by atoms with Crippen molar-refractivity contribution in [2.24, 2.45) is 0 Å². The van der Waals surface area contributed by atoms with Crippen LogP contribution in [0.3, 0.4) is 0 Å². The van der Waals surface area contributed by atoms with E-state index in [2.05, 4.69) is 20.7 Å². The van der Waals surface area contributed by atoms with Gasteiger partial charge in [-0.05, 0) is 43.5 Å². The van der Waals surface area contributed by atoms with Gasteiger partial charge in [-0.1, -0.05) is 11.6 Å². The van der Waals surface area contributed by atoms with Gasteiger partial charge in [-0.3, -0.25) is 4.98 Å². The Hall–Kier alpha value is -2.31. The first-order valence-electron chi connectivity index (χ1n) is 7.92. The van der Waals surface area contributed by atoms with Crippen LogP contribution in [0.15, 0.2) is 36.7 Å². The highest BCUT2D eigenvalue weighted by atomic mass is 35.5. The number of fused-ring (bicyclic) bond motifs is 1. The van der Waals surface area contributed by atoms with Crippen molar-refractivity contribution in [3.63, 3.8) is 0 Å². The highest BCUT2D eigenvalue weighted by Gasteiger charge is 2.35. The number of nitrogens with one attached hydrogen (secondary N) is 2. The summed E-state index contributed by atoms with van der Waals surface area (Å²) in [7, 11) is 0. The smallest absolute Gasteiger partial charge is 0.337 e. The first-order chi connectivity index (χ1) is 11.6. The molecule has 1 aromatic heterocycles. The van der Waals surface area contributed by atoms with Crippen molar-refractivity contribution >= 4 is 28.9 Å². The Morgan fingerprint density at radius 1 is 1.38 bits per heavy atom. The molecule has 24 heavy (non-hydrogen) atoms. The van der Waals surface area contributed by atoms with E-state index in [9.17, 15) is 9.90 Å². The van der Waals surface area contributed by atoms with Crippen molar-refractivity contribution < 1.29 is 9.90 Å². The van der Waals surface area contributed by atoms with Gasteiger partial charge in [-0.25, -0.2) is 10.2 Å². The average molecular weight is 345 g/mol. The zero-order valence-electron chi connectivity index (χ0n) is 12.9. The van der Waals surface area contributed by atoms with Gasteiger partial charge in [-0.15, -0.1) is 0 Å². The predicted octanol–water partition coefficient (Wildman–Crippen LogP) is 3.42. The minimum Gasteiger partial charge on any atom is -0.478 e. The highest BCUT2D eigenvalue weighted by Crippen LogP contribution is 2.40. The maximum absolute atomic E-state index is 11.4. The lowest BCUT2D eigenvalue weighted by molar-refractivity contribution is 0.0697. The van der Waals surface area contributed by atoms with E-state index in [4.69, 9.17) is 11.6 Å².